The minimum atomic E-state index is -0.566. The summed E-state index contributed by atoms with van der Waals surface area (Å²) in [5.74, 6) is -0.432. The van der Waals surface area contributed by atoms with Crippen molar-refractivity contribution >= 4 is 33.4 Å². The molecule has 2 N–H and O–H groups in total. The maximum absolute atomic E-state index is 12.5. The van der Waals surface area contributed by atoms with Gasteiger partial charge in [-0.25, -0.2) is 9.78 Å². The smallest absolute Gasteiger partial charge is 0.296 e. The molecule has 3 aromatic rings. The van der Waals surface area contributed by atoms with Crippen LogP contribution in [-0.4, -0.2) is 30.6 Å². The van der Waals surface area contributed by atoms with E-state index in [9.17, 15) is 14.4 Å². The number of H-pyrrole nitrogens is 1. The fourth-order valence-electron chi connectivity index (χ4n) is 2.82. The van der Waals surface area contributed by atoms with Gasteiger partial charge in [0.15, 0.2) is 0 Å². The average Bonchev–Trinajstić information content (AvgIpc) is 3.12. The number of hydrogen-bond donors (Lipinski definition) is 2. The molecule has 0 radical (unpaired) electrons. The fourth-order valence-corrected chi connectivity index (χ4v) is 3.60. The number of nitrogens with one attached hydrogen (secondary N) is 2. The first kappa shape index (κ1) is 19.9. The summed E-state index contributed by atoms with van der Waals surface area (Å²) < 4.78 is 1.39. The first-order valence-electron chi connectivity index (χ1n) is 9.30. The second kappa shape index (κ2) is 8.87. The van der Waals surface area contributed by atoms with Gasteiger partial charge in [0, 0.05) is 19.2 Å². The van der Waals surface area contributed by atoms with Crippen LogP contribution in [0, 0.1) is 0 Å². The molecule has 148 valence electrons. The van der Waals surface area contributed by atoms with Crippen LogP contribution in [0.2, 0.25) is 0 Å². The van der Waals surface area contributed by atoms with Gasteiger partial charge < -0.3 is 0 Å². The van der Waals surface area contributed by atoms with Crippen molar-refractivity contribution in [3.05, 3.63) is 43.7 Å². The van der Waals surface area contributed by atoms with Crippen LogP contribution in [0.1, 0.15) is 54.9 Å². The fraction of sp³-hybridized carbons (Fsp3) is 0.444. The molecular weight excluding hydrogens is 380 g/mol. The summed E-state index contributed by atoms with van der Waals surface area (Å²) in [7, 11) is 0. The molecule has 0 bridgehead atoms. The zero-order valence-electron chi connectivity index (χ0n) is 15.8. The monoisotopic (exact) mass is 402 g/mol. The third-order valence-electron chi connectivity index (χ3n) is 4.22. The summed E-state index contributed by atoms with van der Waals surface area (Å²) in [6.45, 7) is 4.48. The standard InChI is InChI=1S/C18H22N6O3S/c1-3-5-6-7-13-22-23-17(28-13)20-15(25)11-9-12-14(19-10-11)24(8-4-2)18(27)21-16(12)26/h9-10H,3-8H2,1-2H3,(H,20,23,25)(H,21,26,27). The van der Waals surface area contributed by atoms with E-state index in [1.807, 2.05) is 6.92 Å². The molecule has 10 heteroatoms. The Morgan fingerprint density at radius 2 is 2.04 bits per heavy atom. The third-order valence-corrected chi connectivity index (χ3v) is 5.12. The van der Waals surface area contributed by atoms with Crippen molar-refractivity contribution < 1.29 is 4.79 Å². The van der Waals surface area contributed by atoms with E-state index >= 15 is 0 Å². The van der Waals surface area contributed by atoms with Crippen molar-refractivity contribution in [2.24, 2.45) is 0 Å². The average molecular weight is 402 g/mol. The van der Waals surface area contributed by atoms with Gasteiger partial charge in [0.05, 0.1) is 10.9 Å². The number of anilines is 1. The van der Waals surface area contributed by atoms with Crippen LogP contribution in [-0.2, 0) is 13.0 Å². The Kier molecular flexibility index (Phi) is 6.30. The van der Waals surface area contributed by atoms with Gasteiger partial charge in [0.25, 0.3) is 11.5 Å². The molecule has 1 amide bonds. The molecule has 28 heavy (non-hydrogen) atoms. The lowest BCUT2D eigenvalue weighted by atomic mass is 10.2. The van der Waals surface area contributed by atoms with E-state index in [1.165, 1.54) is 28.2 Å². The van der Waals surface area contributed by atoms with E-state index in [0.29, 0.717) is 18.1 Å². The zero-order chi connectivity index (χ0) is 20.1. The maximum atomic E-state index is 12.5. The molecule has 0 aliphatic rings. The number of amides is 1. The first-order chi connectivity index (χ1) is 13.5. The van der Waals surface area contributed by atoms with E-state index < -0.39 is 17.2 Å². The van der Waals surface area contributed by atoms with Crippen LogP contribution in [0.5, 0.6) is 0 Å². The molecule has 0 spiro atoms. The highest BCUT2D eigenvalue weighted by Crippen LogP contribution is 2.18. The molecule has 0 saturated heterocycles. The molecule has 0 aliphatic carbocycles. The van der Waals surface area contributed by atoms with Gasteiger partial charge in [0.1, 0.15) is 10.7 Å². The summed E-state index contributed by atoms with van der Waals surface area (Å²) in [6, 6.07) is 1.44. The lowest BCUT2D eigenvalue weighted by Gasteiger charge is -2.08. The van der Waals surface area contributed by atoms with Gasteiger partial charge in [-0.1, -0.05) is 38.0 Å². The van der Waals surface area contributed by atoms with Gasteiger partial charge in [0.2, 0.25) is 5.13 Å². The second-order valence-corrected chi connectivity index (χ2v) is 7.48. The molecule has 3 aromatic heterocycles. The van der Waals surface area contributed by atoms with Crippen molar-refractivity contribution in [1.29, 1.82) is 0 Å². The van der Waals surface area contributed by atoms with Crippen molar-refractivity contribution in [3.8, 4) is 0 Å². The van der Waals surface area contributed by atoms with Gasteiger partial charge in [-0.15, -0.1) is 10.2 Å². The second-order valence-electron chi connectivity index (χ2n) is 6.42. The Balaban J connectivity index is 1.82. The summed E-state index contributed by atoms with van der Waals surface area (Å²) in [4.78, 5) is 43.1. The molecule has 0 aromatic carbocycles. The molecule has 0 atom stereocenters. The Labute approximate surface area is 164 Å². The van der Waals surface area contributed by atoms with Crippen LogP contribution in [0.3, 0.4) is 0 Å². The molecule has 0 fully saturated rings. The summed E-state index contributed by atoms with van der Waals surface area (Å²) in [6.07, 6.45) is 6.19. The quantitative estimate of drug-likeness (QED) is 0.558. The number of rotatable bonds is 8. The Morgan fingerprint density at radius 1 is 1.21 bits per heavy atom. The first-order valence-corrected chi connectivity index (χ1v) is 10.1. The third kappa shape index (κ3) is 4.33. The van der Waals surface area contributed by atoms with Crippen LogP contribution in [0.4, 0.5) is 5.13 Å². The highest BCUT2D eigenvalue weighted by Gasteiger charge is 2.14. The zero-order valence-corrected chi connectivity index (χ0v) is 16.6. The molecular formula is C18H22N6O3S. The van der Waals surface area contributed by atoms with Gasteiger partial charge in [-0.05, 0) is 18.9 Å². The number of carbonyl (C=O) groups excluding carboxylic acids is 1. The topological polar surface area (TPSA) is 123 Å². The van der Waals surface area contributed by atoms with Gasteiger partial charge in [-0.2, -0.15) is 0 Å². The Hall–Kier alpha value is -2.88. The number of unbranched alkanes of at least 4 members (excludes halogenated alkanes) is 2. The van der Waals surface area contributed by atoms with E-state index in [-0.39, 0.29) is 16.6 Å². The van der Waals surface area contributed by atoms with Crippen molar-refractivity contribution in [3.63, 3.8) is 0 Å². The summed E-state index contributed by atoms with van der Waals surface area (Å²) in [5, 5.41) is 12.2. The number of hydrogen-bond acceptors (Lipinski definition) is 7. The van der Waals surface area contributed by atoms with Crippen LogP contribution in [0.25, 0.3) is 11.0 Å². The molecule has 0 aliphatic heterocycles. The minimum Gasteiger partial charge on any atom is -0.296 e. The van der Waals surface area contributed by atoms with Crippen molar-refractivity contribution in [1.82, 2.24) is 24.7 Å². The van der Waals surface area contributed by atoms with E-state index in [0.717, 1.165) is 30.7 Å². The van der Waals surface area contributed by atoms with E-state index in [4.69, 9.17) is 0 Å². The molecule has 0 unspecified atom stereocenters. The number of pyridine rings is 1. The van der Waals surface area contributed by atoms with Crippen molar-refractivity contribution in [2.45, 2.75) is 52.5 Å². The van der Waals surface area contributed by atoms with Crippen LogP contribution in [0.15, 0.2) is 21.9 Å². The predicted octanol–water partition coefficient (Wildman–Crippen LogP) is 2.33. The normalized spacial score (nSPS) is 11.1. The summed E-state index contributed by atoms with van der Waals surface area (Å²) >= 11 is 1.34. The minimum absolute atomic E-state index is 0.193. The van der Waals surface area contributed by atoms with Crippen LogP contribution < -0.4 is 16.6 Å². The number of fused-ring (bicyclic) bond motifs is 1. The van der Waals surface area contributed by atoms with E-state index in [1.54, 1.807) is 0 Å². The number of aromatic nitrogens is 5. The predicted molar refractivity (Wildman–Crippen MR) is 108 cm³/mol. The molecule has 3 heterocycles. The maximum Gasteiger partial charge on any atom is 0.329 e. The Bertz CT molecular complexity index is 1100. The van der Waals surface area contributed by atoms with Gasteiger partial charge in [-0.3, -0.25) is 24.5 Å². The van der Waals surface area contributed by atoms with Crippen molar-refractivity contribution in [2.75, 3.05) is 5.32 Å². The van der Waals surface area contributed by atoms with Gasteiger partial charge >= 0.3 is 5.69 Å². The highest BCUT2D eigenvalue weighted by molar-refractivity contribution is 7.15. The number of nitrogens with zero attached hydrogens (tertiary/aromatic N) is 4. The number of aromatic amines is 1. The van der Waals surface area contributed by atoms with E-state index in [2.05, 4.69) is 32.4 Å². The lowest BCUT2D eigenvalue weighted by molar-refractivity contribution is 0.102. The molecule has 9 nitrogen and oxygen atoms in total. The SMILES string of the molecule is CCCCCc1nnc(NC(=O)c2cnc3c(c2)c(=O)[nH]c(=O)n3CCC)s1. The number of carbonyl (C=O) groups is 1. The van der Waals surface area contributed by atoms with Crippen LogP contribution >= 0.6 is 11.3 Å². The highest BCUT2D eigenvalue weighted by atomic mass is 32.1. The summed E-state index contributed by atoms with van der Waals surface area (Å²) in [5.41, 5.74) is -0.596. The largest absolute Gasteiger partial charge is 0.329 e. The molecule has 0 saturated carbocycles. The Morgan fingerprint density at radius 3 is 2.79 bits per heavy atom. The molecule has 3 rings (SSSR count). The lowest BCUT2D eigenvalue weighted by Crippen LogP contribution is -2.31. The number of aryl methyl sites for hydroxylation is 2.